The number of likely N-dealkylation sites (N-methyl/N-ethyl adjacent to an activating group) is 1. The Labute approximate surface area is 132 Å². The summed E-state index contributed by atoms with van der Waals surface area (Å²) in [6.45, 7) is 1.70. The molecule has 128 valence electrons. The van der Waals surface area contributed by atoms with Crippen molar-refractivity contribution < 1.29 is 18.0 Å². The number of nitrogens with zero attached hydrogens (tertiary/aromatic N) is 2. The van der Waals surface area contributed by atoms with Gasteiger partial charge in [-0.2, -0.15) is 13.2 Å². The zero-order chi connectivity index (χ0) is 17.2. The molecule has 1 amide bonds. The Kier molecular flexibility index (Phi) is 5.16. The largest absolute Gasteiger partial charge is 0.421 e. The highest BCUT2D eigenvalue weighted by Crippen LogP contribution is 2.28. The molecule has 1 saturated carbocycles. The van der Waals surface area contributed by atoms with Gasteiger partial charge >= 0.3 is 6.18 Å². The molecule has 2 unspecified atom stereocenters. The fraction of sp³-hybridized carbons (Fsp3) is 0.625. The van der Waals surface area contributed by atoms with Crippen LogP contribution < -0.4 is 5.56 Å². The van der Waals surface area contributed by atoms with E-state index in [4.69, 9.17) is 0 Å². The highest BCUT2D eigenvalue weighted by Gasteiger charge is 2.34. The van der Waals surface area contributed by atoms with Crippen LogP contribution in [0.25, 0.3) is 0 Å². The lowest BCUT2D eigenvalue weighted by Gasteiger charge is -2.36. The molecule has 2 rings (SSSR count). The molecule has 4 nitrogen and oxygen atoms in total. The molecule has 0 aliphatic heterocycles. The maximum Gasteiger partial charge on any atom is 0.421 e. The number of rotatable bonds is 3. The zero-order valence-electron chi connectivity index (χ0n) is 13.3. The summed E-state index contributed by atoms with van der Waals surface area (Å²) in [7, 11) is 1.66. The predicted octanol–water partition coefficient (Wildman–Crippen LogP) is 2.90. The third-order valence-electron chi connectivity index (χ3n) is 4.59. The fourth-order valence-electron chi connectivity index (χ4n) is 3.19. The van der Waals surface area contributed by atoms with Crippen LogP contribution in [0.3, 0.4) is 0 Å². The van der Waals surface area contributed by atoms with Gasteiger partial charge < -0.3 is 9.47 Å². The Morgan fingerprint density at radius 1 is 1.35 bits per heavy atom. The van der Waals surface area contributed by atoms with Gasteiger partial charge in [-0.05, 0) is 30.9 Å². The average molecular weight is 330 g/mol. The molecule has 1 fully saturated rings. The minimum atomic E-state index is -4.72. The Balaban J connectivity index is 2.16. The summed E-state index contributed by atoms with van der Waals surface area (Å²) in [5.74, 6) is 0.0149. The van der Waals surface area contributed by atoms with Gasteiger partial charge in [0, 0.05) is 19.3 Å². The van der Waals surface area contributed by atoms with Gasteiger partial charge in [0.25, 0.3) is 5.56 Å². The van der Waals surface area contributed by atoms with Crippen molar-refractivity contribution >= 4 is 5.91 Å². The summed E-state index contributed by atoms with van der Waals surface area (Å²) < 4.78 is 39.1. The Bertz CT molecular complexity index is 624. The highest BCUT2D eigenvalue weighted by atomic mass is 19.4. The molecule has 1 aliphatic rings. The number of alkyl halides is 3. The van der Waals surface area contributed by atoms with Crippen LogP contribution in [0.1, 0.15) is 38.2 Å². The van der Waals surface area contributed by atoms with Gasteiger partial charge in [0.15, 0.2) is 0 Å². The van der Waals surface area contributed by atoms with Crippen molar-refractivity contribution in [2.75, 3.05) is 7.05 Å². The van der Waals surface area contributed by atoms with Gasteiger partial charge in [-0.25, -0.2) is 0 Å². The Hall–Kier alpha value is -1.79. The Morgan fingerprint density at radius 2 is 2.00 bits per heavy atom. The van der Waals surface area contributed by atoms with Crippen molar-refractivity contribution in [2.24, 2.45) is 5.92 Å². The summed E-state index contributed by atoms with van der Waals surface area (Å²) in [6, 6.07) is 1.95. The van der Waals surface area contributed by atoms with E-state index in [0.29, 0.717) is 5.92 Å². The maximum atomic E-state index is 12.8. The molecule has 0 aromatic carbocycles. The van der Waals surface area contributed by atoms with Crippen LogP contribution >= 0.6 is 0 Å². The van der Waals surface area contributed by atoms with E-state index >= 15 is 0 Å². The van der Waals surface area contributed by atoms with Crippen LogP contribution in [-0.2, 0) is 17.5 Å². The topological polar surface area (TPSA) is 42.3 Å². The van der Waals surface area contributed by atoms with E-state index in [-0.39, 0.29) is 18.5 Å². The van der Waals surface area contributed by atoms with Crippen LogP contribution in [0, 0.1) is 5.92 Å². The van der Waals surface area contributed by atoms with E-state index in [0.717, 1.165) is 42.4 Å². The van der Waals surface area contributed by atoms with E-state index in [9.17, 15) is 22.8 Å². The van der Waals surface area contributed by atoms with Crippen LogP contribution in [0.15, 0.2) is 23.1 Å². The third kappa shape index (κ3) is 3.95. The van der Waals surface area contributed by atoms with Crippen LogP contribution in [0.2, 0.25) is 0 Å². The smallest absolute Gasteiger partial charge is 0.341 e. The summed E-state index contributed by atoms with van der Waals surface area (Å²) in [5.41, 5.74) is -2.43. The first-order chi connectivity index (χ1) is 10.7. The van der Waals surface area contributed by atoms with E-state index in [1.54, 1.807) is 11.9 Å². The SMILES string of the molecule is CC1CCCCC1N(C)C(=O)Cn1cccc(C(F)(F)F)c1=O. The fourth-order valence-corrected chi connectivity index (χ4v) is 3.19. The molecule has 0 bridgehead atoms. The van der Waals surface area contributed by atoms with E-state index in [1.807, 2.05) is 0 Å². The van der Waals surface area contributed by atoms with Gasteiger partial charge in [0.2, 0.25) is 5.91 Å². The predicted molar refractivity (Wildman–Crippen MR) is 79.9 cm³/mol. The molecular formula is C16H21F3N2O2. The molecule has 0 spiro atoms. The van der Waals surface area contributed by atoms with Crippen LogP contribution in [0.4, 0.5) is 13.2 Å². The summed E-state index contributed by atoms with van der Waals surface area (Å²) in [5, 5.41) is 0. The van der Waals surface area contributed by atoms with Gasteiger partial charge in [0.1, 0.15) is 12.1 Å². The van der Waals surface area contributed by atoms with Crippen molar-refractivity contribution in [3.05, 3.63) is 34.2 Å². The number of hydrogen-bond donors (Lipinski definition) is 0. The van der Waals surface area contributed by atoms with Gasteiger partial charge in [0.05, 0.1) is 0 Å². The maximum absolute atomic E-state index is 12.8. The first-order valence-corrected chi connectivity index (χ1v) is 7.74. The molecule has 0 radical (unpaired) electrons. The summed E-state index contributed by atoms with van der Waals surface area (Å²) >= 11 is 0. The van der Waals surface area contributed by atoms with Crippen LogP contribution in [0.5, 0.6) is 0 Å². The minimum absolute atomic E-state index is 0.0813. The first-order valence-electron chi connectivity index (χ1n) is 7.74. The van der Waals surface area contributed by atoms with Crippen molar-refractivity contribution in [3.63, 3.8) is 0 Å². The zero-order valence-corrected chi connectivity index (χ0v) is 13.3. The highest BCUT2D eigenvalue weighted by molar-refractivity contribution is 5.76. The van der Waals surface area contributed by atoms with E-state index in [2.05, 4.69) is 6.92 Å². The lowest BCUT2D eigenvalue weighted by Crippen LogP contribution is -2.45. The second-order valence-corrected chi connectivity index (χ2v) is 6.19. The number of carbonyl (C=O) groups is 1. The molecule has 2 atom stereocenters. The second kappa shape index (κ2) is 6.76. The lowest BCUT2D eigenvalue weighted by atomic mass is 9.85. The van der Waals surface area contributed by atoms with Gasteiger partial charge in [-0.15, -0.1) is 0 Å². The molecule has 0 N–H and O–H groups in total. The van der Waals surface area contributed by atoms with E-state index in [1.165, 1.54) is 6.20 Å². The second-order valence-electron chi connectivity index (χ2n) is 6.19. The average Bonchev–Trinajstić information content (AvgIpc) is 2.48. The van der Waals surface area contributed by atoms with Crippen molar-refractivity contribution in [2.45, 2.75) is 51.4 Å². The Morgan fingerprint density at radius 3 is 2.61 bits per heavy atom. The molecule has 1 aliphatic carbocycles. The molecule has 7 heteroatoms. The van der Waals surface area contributed by atoms with Crippen LogP contribution in [-0.4, -0.2) is 28.5 Å². The molecule has 1 aromatic heterocycles. The van der Waals surface area contributed by atoms with Crippen molar-refractivity contribution in [1.82, 2.24) is 9.47 Å². The minimum Gasteiger partial charge on any atom is -0.341 e. The molecule has 1 aromatic rings. The quantitative estimate of drug-likeness (QED) is 0.855. The molecular weight excluding hydrogens is 309 g/mol. The van der Waals surface area contributed by atoms with Gasteiger partial charge in [-0.1, -0.05) is 19.8 Å². The number of aromatic nitrogens is 1. The van der Waals surface area contributed by atoms with Crippen molar-refractivity contribution in [3.8, 4) is 0 Å². The third-order valence-corrected chi connectivity index (χ3v) is 4.59. The lowest BCUT2D eigenvalue weighted by molar-refractivity contribution is -0.140. The number of amides is 1. The molecule has 1 heterocycles. The molecule has 23 heavy (non-hydrogen) atoms. The monoisotopic (exact) mass is 330 g/mol. The number of hydrogen-bond acceptors (Lipinski definition) is 2. The molecule has 0 saturated heterocycles. The van der Waals surface area contributed by atoms with E-state index < -0.39 is 17.3 Å². The van der Waals surface area contributed by atoms with Crippen molar-refractivity contribution in [1.29, 1.82) is 0 Å². The first kappa shape index (κ1) is 17.6. The normalized spacial score (nSPS) is 22.0. The number of carbonyl (C=O) groups excluding carboxylic acids is 1. The summed E-state index contributed by atoms with van der Waals surface area (Å²) in [4.78, 5) is 25.8. The summed E-state index contributed by atoms with van der Waals surface area (Å²) in [6.07, 6.45) is 0.593. The standard InChI is InChI=1S/C16H21F3N2O2/c1-11-6-3-4-8-13(11)20(2)14(22)10-21-9-5-7-12(15(21)23)16(17,18)19/h5,7,9,11,13H,3-4,6,8,10H2,1-2H3. The number of halogens is 3. The van der Waals surface area contributed by atoms with Gasteiger partial charge in [-0.3, -0.25) is 9.59 Å². The number of pyridine rings is 1.